The number of esters is 1. The number of nitro benzene ring substituents is 1. The minimum atomic E-state index is -1.57. The maximum absolute atomic E-state index is 14.9. The predicted molar refractivity (Wildman–Crippen MR) is 164 cm³/mol. The Bertz CT molecular complexity index is 1970. The Morgan fingerprint density at radius 1 is 0.889 bits per heavy atom. The highest BCUT2D eigenvalue weighted by molar-refractivity contribution is 6.16. The van der Waals surface area contributed by atoms with E-state index in [1.54, 1.807) is 35.4 Å². The Morgan fingerprint density at radius 2 is 1.62 bits per heavy atom. The van der Waals surface area contributed by atoms with Crippen molar-refractivity contribution < 1.29 is 28.8 Å². The molecule has 1 fully saturated rings. The maximum atomic E-state index is 14.9. The second-order valence-corrected chi connectivity index (χ2v) is 11.2. The van der Waals surface area contributed by atoms with Crippen LogP contribution in [0.3, 0.4) is 0 Å². The van der Waals surface area contributed by atoms with Gasteiger partial charge in [0.1, 0.15) is 17.2 Å². The largest absolute Gasteiger partial charge is 0.427 e. The third-order valence-electron chi connectivity index (χ3n) is 8.86. The molecule has 0 radical (unpaired) electrons. The average Bonchev–Trinajstić information content (AvgIpc) is 3.52. The van der Waals surface area contributed by atoms with Crippen LogP contribution in [0, 0.1) is 16.0 Å². The molecule has 10 nitrogen and oxygen atoms in total. The number of Topliss-reactive ketones (excluding diaryl/α,β-unsaturated/α-hetero) is 2. The number of carbonyl (C=O) groups excluding carboxylic acids is 4. The van der Waals surface area contributed by atoms with Crippen molar-refractivity contribution in [3.05, 3.63) is 141 Å². The zero-order valence-corrected chi connectivity index (χ0v) is 23.9. The van der Waals surface area contributed by atoms with E-state index in [-0.39, 0.29) is 22.6 Å². The van der Waals surface area contributed by atoms with Crippen LogP contribution in [0.25, 0.3) is 6.08 Å². The zero-order chi connectivity index (χ0) is 31.5. The number of nitrogens with zero attached hydrogens (tertiary/aromatic N) is 2. The highest BCUT2D eigenvalue weighted by Crippen LogP contribution is 2.62. The van der Waals surface area contributed by atoms with E-state index in [2.05, 4.69) is 5.32 Å². The van der Waals surface area contributed by atoms with Crippen molar-refractivity contribution in [3.8, 4) is 5.75 Å². The summed E-state index contributed by atoms with van der Waals surface area (Å²) in [7, 11) is 0. The van der Waals surface area contributed by atoms with E-state index in [1.165, 1.54) is 55.5 Å². The minimum absolute atomic E-state index is 0.0193. The lowest BCUT2D eigenvalue weighted by Crippen LogP contribution is -2.49. The molecule has 0 unspecified atom stereocenters. The summed E-state index contributed by atoms with van der Waals surface area (Å²) in [5.74, 6) is -2.99. The molecule has 1 saturated heterocycles. The monoisotopic (exact) mass is 599 g/mol. The Kier molecular flexibility index (Phi) is 6.43. The quantitative estimate of drug-likeness (QED) is 0.101. The van der Waals surface area contributed by atoms with Crippen LogP contribution >= 0.6 is 0 Å². The summed E-state index contributed by atoms with van der Waals surface area (Å²) in [6, 6.07) is 24.1. The molecule has 1 amide bonds. The number of nitrogens with one attached hydrogen (secondary N) is 1. The lowest BCUT2D eigenvalue weighted by molar-refractivity contribution is -0.384. The van der Waals surface area contributed by atoms with Gasteiger partial charge in [0, 0.05) is 42.1 Å². The molecule has 45 heavy (non-hydrogen) atoms. The summed E-state index contributed by atoms with van der Waals surface area (Å²) >= 11 is 0. The van der Waals surface area contributed by atoms with Gasteiger partial charge in [-0.15, -0.1) is 0 Å². The highest BCUT2D eigenvalue weighted by Gasteiger charge is 2.70. The van der Waals surface area contributed by atoms with E-state index < -0.39 is 51.8 Å². The van der Waals surface area contributed by atoms with Gasteiger partial charge in [0.25, 0.3) is 5.69 Å². The Balaban J connectivity index is 1.48. The summed E-state index contributed by atoms with van der Waals surface area (Å²) in [5, 5.41) is 14.7. The molecule has 0 bridgehead atoms. The minimum Gasteiger partial charge on any atom is -0.427 e. The molecule has 0 saturated carbocycles. The van der Waals surface area contributed by atoms with Gasteiger partial charge < -0.3 is 15.0 Å². The fourth-order valence-electron chi connectivity index (χ4n) is 7.14. The smallest absolute Gasteiger partial charge is 0.308 e. The van der Waals surface area contributed by atoms with Crippen molar-refractivity contribution >= 4 is 40.9 Å². The van der Waals surface area contributed by atoms with E-state index in [0.717, 1.165) is 11.1 Å². The molecule has 4 aromatic rings. The number of nitro groups is 1. The van der Waals surface area contributed by atoms with Crippen molar-refractivity contribution in [2.24, 2.45) is 5.92 Å². The number of fused-ring (bicyclic) bond motifs is 6. The van der Waals surface area contributed by atoms with Crippen LogP contribution in [0.4, 0.5) is 11.4 Å². The normalized spacial score (nSPS) is 22.3. The lowest BCUT2D eigenvalue weighted by atomic mass is 9.62. The van der Waals surface area contributed by atoms with Gasteiger partial charge in [0.15, 0.2) is 11.6 Å². The Hall–Kier alpha value is -5.90. The first kappa shape index (κ1) is 27.9. The number of carbonyl (C=O) groups is 4. The molecule has 7 rings (SSSR count). The van der Waals surface area contributed by atoms with Gasteiger partial charge in [-0.2, -0.15) is 0 Å². The number of hydrogen-bond donors (Lipinski definition) is 1. The van der Waals surface area contributed by atoms with Crippen LogP contribution in [0.1, 0.15) is 50.4 Å². The molecule has 4 atom stereocenters. The SMILES string of the molecule is CC(=O)Oc1ccc(C(=O)[C@H]2[C@H](C(=O)c3cccc([N+](=O)[O-])c3)[C@]3(C(=O)Nc4ccccc43)[C@H]3c4ccccc4C=CN23)cc1. The van der Waals surface area contributed by atoms with E-state index in [9.17, 15) is 29.3 Å². The molecule has 1 N–H and O–H groups in total. The third-order valence-corrected chi connectivity index (χ3v) is 8.86. The first-order valence-corrected chi connectivity index (χ1v) is 14.3. The summed E-state index contributed by atoms with van der Waals surface area (Å²) in [6.45, 7) is 1.27. The van der Waals surface area contributed by atoms with Crippen LogP contribution in [-0.4, -0.2) is 39.3 Å². The number of hydrogen-bond acceptors (Lipinski definition) is 8. The number of benzene rings is 4. The molecule has 0 aromatic heterocycles. The van der Waals surface area contributed by atoms with Gasteiger partial charge in [-0.05, 0) is 53.1 Å². The van der Waals surface area contributed by atoms with E-state index in [0.29, 0.717) is 11.3 Å². The summed E-state index contributed by atoms with van der Waals surface area (Å²) in [5.41, 5.74) is 1.12. The number of para-hydroxylation sites is 1. The number of anilines is 1. The molecule has 3 heterocycles. The Labute approximate surface area is 257 Å². The first-order chi connectivity index (χ1) is 21.7. The second-order valence-electron chi connectivity index (χ2n) is 11.2. The fraction of sp³-hybridized carbons (Fsp3) is 0.143. The average molecular weight is 600 g/mol. The molecule has 3 aliphatic rings. The molecule has 3 aliphatic heterocycles. The van der Waals surface area contributed by atoms with E-state index >= 15 is 0 Å². The molecular weight excluding hydrogens is 574 g/mol. The van der Waals surface area contributed by atoms with E-state index in [1.807, 2.05) is 30.3 Å². The summed E-state index contributed by atoms with van der Waals surface area (Å²) < 4.78 is 5.14. The molecule has 10 heteroatoms. The molecular formula is C35H25N3O7. The zero-order valence-electron chi connectivity index (χ0n) is 23.9. The van der Waals surface area contributed by atoms with Gasteiger partial charge in [0.05, 0.1) is 16.9 Å². The highest BCUT2D eigenvalue weighted by atomic mass is 16.6. The number of ketones is 2. The summed E-state index contributed by atoms with van der Waals surface area (Å²) in [4.78, 5) is 68.4. The van der Waals surface area contributed by atoms with Gasteiger partial charge >= 0.3 is 5.97 Å². The van der Waals surface area contributed by atoms with Crippen molar-refractivity contribution in [3.63, 3.8) is 0 Å². The number of non-ortho nitro benzene ring substituents is 1. The molecule has 0 aliphatic carbocycles. The predicted octanol–water partition coefficient (Wildman–Crippen LogP) is 5.50. The van der Waals surface area contributed by atoms with Crippen molar-refractivity contribution in [2.75, 3.05) is 5.32 Å². The van der Waals surface area contributed by atoms with Gasteiger partial charge in [-0.3, -0.25) is 29.3 Å². The van der Waals surface area contributed by atoms with Crippen LogP contribution in [0.2, 0.25) is 0 Å². The molecule has 4 aromatic carbocycles. The number of rotatable bonds is 6. The third kappa shape index (κ3) is 4.17. The van der Waals surface area contributed by atoms with Crippen LogP contribution in [0.15, 0.2) is 103 Å². The van der Waals surface area contributed by atoms with Gasteiger partial charge in [-0.1, -0.05) is 54.6 Å². The van der Waals surface area contributed by atoms with Gasteiger partial charge in [-0.25, -0.2) is 0 Å². The first-order valence-electron chi connectivity index (χ1n) is 14.3. The van der Waals surface area contributed by atoms with Crippen LogP contribution in [0.5, 0.6) is 5.75 Å². The van der Waals surface area contributed by atoms with Crippen LogP contribution in [-0.2, 0) is 15.0 Å². The standard InChI is InChI=1S/C35H25N3O7/c1-20(39)45-25-15-13-22(14-16-25)32(41)30-29(31(40)23-8-6-9-24(19-23)38(43)44)35(27-11-4-5-12-28(27)36-34(35)42)33-26-10-3-2-7-21(26)17-18-37(30)33/h2-19,29-30,33H,1H3,(H,36,42)/t29-,30-,33-,35+/m1/s1. The topological polar surface area (TPSA) is 136 Å². The fourth-order valence-corrected chi connectivity index (χ4v) is 7.14. The maximum Gasteiger partial charge on any atom is 0.308 e. The van der Waals surface area contributed by atoms with E-state index in [4.69, 9.17) is 4.74 Å². The van der Waals surface area contributed by atoms with Crippen LogP contribution < -0.4 is 10.1 Å². The number of amides is 1. The number of ether oxygens (including phenoxy) is 1. The van der Waals surface area contributed by atoms with Crippen molar-refractivity contribution in [2.45, 2.75) is 24.4 Å². The molecule has 1 spiro atoms. The Morgan fingerprint density at radius 3 is 2.38 bits per heavy atom. The lowest BCUT2D eigenvalue weighted by Gasteiger charge is -2.38. The molecule has 222 valence electrons. The summed E-state index contributed by atoms with van der Waals surface area (Å²) in [6.07, 6.45) is 3.60. The second kappa shape index (κ2) is 10.4. The van der Waals surface area contributed by atoms with Crippen molar-refractivity contribution in [1.29, 1.82) is 0 Å². The van der Waals surface area contributed by atoms with Crippen molar-refractivity contribution in [1.82, 2.24) is 4.90 Å². The van der Waals surface area contributed by atoms with Gasteiger partial charge in [0.2, 0.25) is 5.91 Å².